The Bertz CT molecular complexity index is 728. The molecule has 1 aliphatic rings. The first-order valence-electron chi connectivity index (χ1n) is 7.31. The Balaban J connectivity index is 1.63. The van der Waals surface area contributed by atoms with Crippen LogP contribution in [0.5, 0.6) is 0 Å². The van der Waals surface area contributed by atoms with Gasteiger partial charge < -0.3 is 5.73 Å². The third kappa shape index (κ3) is 3.81. The van der Waals surface area contributed by atoms with Crippen molar-refractivity contribution in [3.05, 3.63) is 78.5 Å². The number of para-hydroxylation sites is 1. The van der Waals surface area contributed by atoms with Crippen molar-refractivity contribution >= 4 is 28.4 Å². The highest BCUT2D eigenvalue weighted by atomic mass is 32.2. The Morgan fingerprint density at radius 1 is 1.09 bits per heavy atom. The van der Waals surface area contributed by atoms with Crippen LogP contribution in [0.1, 0.15) is 5.56 Å². The third-order valence-corrected chi connectivity index (χ3v) is 4.48. The van der Waals surface area contributed by atoms with E-state index in [9.17, 15) is 4.79 Å². The van der Waals surface area contributed by atoms with E-state index in [1.807, 2.05) is 60.7 Å². The number of hydrogen-bond acceptors (Lipinski definition) is 5. The van der Waals surface area contributed by atoms with Crippen LogP contribution in [0.3, 0.4) is 0 Å². The molecule has 0 amide bonds. The van der Waals surface area contributed by atoms with Crippen LogP contribution in [0.15, 0.2) is 78.0 Å². The molecular formula is C18H17N3OS. The zero-order valence-corrected chi connectivity index (χ0v) is 13.3. The molecule has 0 aromatic heterocycles. The zero-order chi connectivity index (χ0) is 16.1. The number of anilines is 1. The first-order valence-corrected chi connectivity index (χ1v) is 8.30. The molecule has 0 saturated heterocycles. The molecule has 3 rings (SSSR count). The second-order valence-corrected chi connectivity index (χ2v) is 6.10. The van der Waals surface area contributed by atoms with E-state index in [0.717, 1.165) is 11.3 Å². The Labute approximate surface area is 139 Å². The maximum atomic E-state index is 12.4. The van der Waals surface area contributed by atoms with Crippen LogP contribution in [-0.2, 0) is 10.5 Å². The second-order valence-electron chi connectivity index (χ2n) is 5.12. The van der Waals surface area contributed by atoms with Gasteiger partial charge in [-0.15, -0.1) is 0 Å². The predicted octanol–water partition coefficient (Wildman–Crippen LogP) is 3.37. The van der Waals surface area contributed by atoms with Crippen molar-refractivity contribution in [1.29, 1.82) is 0 Å². The van der Waals surface area contributed by atoms with E-state index in [0.29, 0.717) is 11.6 Å². The first-order chi connectivity index (χ1) is 11.2. The van der Waals surface area contributed by atoms with Crippen molar-refractivity contribution in [2.45, 2.75) is 5.75 Å². The number of thioether (sulfide) groups is 1. The molecule has 0 saturated carbocycles. The van der Waals surface area contributed by atoms with Gasteiger partial charge in [-0.05, 0) is 23.8 Å². The summed E-state index contributed by atoms with van der Waals surface area (Å²) >= 11 is 1.27. The van der Waals surface area contributed by atoms with Gasteiger partial charge in [0.2, 0.25) is 5.12 Å². The molecule has 1 atom stereocenters. The number of nitrogens with two attached hydrogens (primary N) is 1. The molecule has 116 valence electrons. The summed E-state index contributed by atoms with van der Waals surface area (Å²) in [5, 5.41) is 6.01. The molecule has 2 aromatic rings. The lowest BCUT2D eigenvalue weighted by Crippen LogP contribution is -2.33. The summed E-state index contributed by atoms with van der Waals surface area (Å²) in [5.41, 5.74) is 8.03. The summed E-state index contributed by atoms with van der Waals surface area (Å²) in [6.45, 7) is 0. The molecule has 5 heteroatoms. The fourth-order valence-corrected chi connectivity index (χ4v) is 3.11. The molecule has 0 aliphatic carbocycles. The van der Waals surface area contributed by atoms with E-state index in [4.69, 9.17) is 5.73 Å². The van der Waals surface area contributed by atoms with Gasteiger partial charge in [0.05, 0.1) is 5.69 Å². The van der Waals surface area contributed by atoms with Gasteiger partial charge in [0.15, 0.2) is 0 Å². The Morgan fingerprint density at radius 3 is 2.39 bits per heavy atom. The maximum Gasteiger partial charge on any atom is 0.203 e. The molecule has 1 unspecified atom stereocenters. The highest BCUT2D eigenvalue weighted by Crippen LogP contribution is 2.23. The SMILES string of the molecule is NC1=NN(c2ccccc2)C=CC1C(=O)SCc1ccccc1. The Hall–Kier alpha value is -2.53. The minimum atomic E-state index is -0.469. The van der Waals surface area contributed by atoms with E-state index in [-0.39, 0.29) is 5.12 Å². The van der Waals surface area contributed by atoms with Gasteiger partial charge in [0.1, 0.15) is 11.8 Å². The van der Waals surface area contributed by atoms with Crippen LogP contribution in [0.25, 0.3) is 0 Å². The van der Waals surface area contributed by atoms with Crippen molar-refractivity contribution in [3.8, 4) is 0 Å². The Morgan fingerprint density at radius 2 is 1.74 bits per heavy atom. The van der Waals surface area contributed by atoms with Gasteiger partial charge in [0, 0.05) is 12.0 Å². The molecule has 0 fully saturated rings. The number of rotatable bonds is 4. The monoisotopic (exact) mass is 323 g/mol. The van der Waals surface area contributed by atoms with Crippen LogP contribution >= 0.6 is 11.8 Å². The maximum absolute atomic E-state index is 12.4. The second kappa shape index (κ2) is 7.15. The molecule has 4 nitrogen and oxygen atoms in total. The van der Waals surface area contributed by atoms with Gasteiger partial charge in [-0.3, -0.25) is 4.79 Å². The zero-order valence-electron chi connectivity index (χ0n) is 12.5. The van der Waals surface area contributed by atoms with E-state index in [1.54, 1.807) is 17.3 Å². The highest BCUT2D eigenvalue weighted by Gasteiger charge is 2.24. The van der Waals surface area contributed by atoms with E-state index in [2.05, 4.69) is 5.10 Å². The molecular weight excluding hydrogens is 306 g/mol. The summed E-state index contributed by atoms with van der Waals surface area (Å²) in [5.74, 6) is 0.491. The number of amidine groups is 1. The summed E-state index contributed by atoms with van der Waals surface area (Å²) in [6.07, 6.45) is 3.59. The number of hydrogen-bond donors (Lipinski definition) is 1. The van der Waals surface area contributed by atoms with Crippen LogP contribution in [0.2, 0.25) is 0 Å². The summed E-state index contributed by atoms with van der Waals surface area (Å²) < 4.78 is 0. The molecule has 2 aromatic carbocycles. The van der Waals surface area contributed by atoms with Crippen LogP contribution in [0, 0.1) is 5.92 Å². The van der Waals surface area contributed by atoms with E-state index < -0.39 is 5.92 Å². The number of carbonyl (C=O) groups is 1. The van der Waals surface area contributed by atoms with Gasteiger partial charge in [-0.1, -0.05) is 60.3 Å². The fourth-order valence-electron chi connectivity index (χ4n) is 2.23. The third-order valence-electron chi connectivity index (χ3n) is 3.46. The number of nitrogens with zero attached hydrogens (tertiary/aromatic N) is 2. The lowest BCUT2D eigenvalue weighted by molar-refractivity contribution is -0.111. The number of carbonyl (C=O) groups excluding carboxylic acids is 1. The lowest BCUT2D eigenvalue weighted by atomic mass is 10.1. The van der Waals surface area contributed by atoms with Crippen molar-refractivity contribution in [2.24, 2.45) is 16.8 Å². The van der Waals surface area contributed by atoms with Gasteiger partial charge in [-0.2, -0.15) is 5.10 Å². The average Bonchev–Trinajstić information content (AvgIpc) is 2.61. The minimum Gasteiger partial charge on any atom is -0.385 e. The van der Waals surface area contributed by atoms with Gasteiger partial charge in [-0.25, -0.2) is 5.01 Å². The molecule has 1 heterocycles. The summed E-state index contributed by atoms with van der Waals surface area (Å²) in [6, 6.07) is 19.6. The van der Waals surface area contributed by atoms with Crippen LogP contribution < -0.4 is 10.7 Å². The van der Waals surface area contributed by atoms with Crippen molar-refractivity contribution in [3.63, 3.8) is 0 Å². The standard InChI is InChI=1S/C18H17N3OS/c19-17-16(18(22)23-13-14-7-3-1-4-8-14)11-12-21(20-17)15-9-5-2-6-10-15/h1-12,16H,13H2,(H2,19,20). The van der Waals surface area contributed by atoms with E-state index >= 15 is 0 Å². The number of hydrazone groups is 1. The average molecular weight is 323 g/mol. The topological polar surface area (TPSA) is 58.7 Å². The van der Waals surface area contributed by atoms with Crippen molar-refractivity contribution in [2.75, 3.05) is 5.01 Å². The Kier molecular flexibility index (Phi) is 4.78. The fraction of sp³-hybridized carbons (Fsp3) is 0.111. The predicted molar refractivity (Wildman–Crippen MR) is 95.9 cm³/mol. The molecule has 0 spiro atoms. The van der Waals surface area contributed by atoms with E-state index in [1.165, 1.54) is 11.8 Å². The summed E-state index contributed by atoms with van der Waals surface area (Å²) in [7, 11) is 0. The molecule has 1 aliphatic heterocycles. The van der Waals surface area contributed by atoms with Crippen LogP contribution in [0.4, 0.5) is 5.69 Å². The van der Waals surface area contributed by atoms with Crippen LogP contribution in [-0.4, -0.2) is 11.0 Å². The molecule has 23 heavy (non-hydrogen) atoms. The minimum absolute atomic E-state index is 0.0130. The molecule has 0 radical (unpaired) electrons. The molecule has 0 bridgehead atoms. The lowest BCUT2D eigenvalue weighted by Gasteiger charge is -2.22. The first kappa shape index (κ1) is 15.4. The van der Waals surface area contributed by atoms with Gasteiger partial charge in [0.25, 0.3) is 0 Å². The van der Waals surface area contributed by atoms with Gasteiger partial charge >= 0.3 is 0 Å². The number of benzene rings is 2. The summed E-state index contributed by atoms with van der Waals surface area (Å²) in [4.78, 5) is 12.4. The van der Waals surface area contributed by atoms with Crippen molar-refractivity contribution < 1.29 is 4.79 Å². The normalized spacial score (nSPS) is 17.0. The highest BCUT2D eigenvalue weighted by molar-refractivity contribution is 8.13. The van der Waals surface area contributed by atoms with Crippen molar-refractivity contribution in [1.82, 2.24) is 0 Å². The quantitative estimate of drug-likeness (QED) is 0.937. The smallest absolute Gasteiger partial charge is 0.203 e. The molecule has 2 N–H and O–H groups in total. The largest absolute Gasteiger partial charge is 0.385 e.